The van der Waals surface area contributed by atoms with Crippen molar-refractivity contribution in [2.24, 2.45) is 0 Å². The van der Waals surface area contributed by atoms with Crippen LogP contribution in [-0.4, -0.2) is 14.2 Å². The number of hydrogen-bond acceptors (Lipinski definition) is 5. The highest BCUT2D eigenvalue weighted by molar-refractivity contribution is 7.91. The standard InChI is InChI=1S/C14H14N2O2S2/c1-2-20(17,18)14-7-3-11(4-8-14)16-10-13-6-5-12(9-15)19-13/h3-8,16H,2,10H2,1H3. The SMILES string of the molecule is CCS(=O)(=O)c1ccc(NCc2ccc(C#N)s2)cc1. The number of nitriles is 1. The number of sulfone groups is 1. The molecule has 0 saturated heterocycles. The average molecular weight is 306 g/mol. The van der Waals surface area contributed by atoms with Gasteiger partial charge in [-0.1, -0.05) is 6.92 Å². The first-order chi connectivity index (χ1) is 9.55. The van der Waals surface area contributed by atoms with Crippen molar-refractivity contribution in [1.29, 1.82) is 5.26 Å². The number of benzene rings is 1. The van der Waals surface area contributed by atoms with E-state index < -0.39 is 9.84 Å². The molecule has 2 aromatic rings. The average Bonchev–Trinajstić information content (AvgIpc) is 2.93. The van der Waals surface area contributed by atoms with Crippen LogP contribution in [0, 0.1) is 11.3 Å². The van der Waals surface area contributed by atoms with E-state index >= 15 is 0 Å². The van der Waals surface area contributed by atoms with E-state index in [1.807, 2.05) is 6.07 Å². The topological polar surface area (TPSA) is 70.0 Å². The Morgan fingerprint density at radius 2 is 1.90 bits per heavy atom. The lowest BCUT2D eigenvalue weighted by Gasteiger charge is -2.06. The van der Waals surface area contributed by atoms with Crippen molar-refractivity contribution in [3.63, 3.8) is 0 Å². The normalized spacial score (nSPS) is 11.0. The highest BCUT2D eigenvalue weighted by Crippen LogP contribution is 2.19. The van der Waals surface area contributed by atoms with Gasteiger partial charge in [-0.2, -0.15) is 5.26 Å². The molecule has 0 amide bonds. The predicted octanol–water partition coefficient (Wildman–Crippen LogP) is 3.03. The molecule has 0 fully saturated rings. The summed E-state index contributed by atoms with van der Waals surface area (Å²) in [7, 11) is -3.14. The maximum Gasteiger partial charge on any atom is 0.178 e. The molecule has 0 aliphatic rings. The van der Waals surface area contributed by atoms with Crippen molar-refractivity contribution in [3.8, 4) is 6.07 Å². The molecule has 0 unspecified atom stereocenters. The number of rotatable bonds is 5. The first-order valence-corrected chi connectivity index (χ1v) is 8.57. The van der Waals surface area contributed by atoms with Crippen LogP contribution in [0.1, 0.15) is 16.7 Å². The van der Waals surface area contributed by atoms with Crippen LogP contribution in [0.4, 0.5) is 5.69 Å². The Morgan fingerprint density at radius 1 is 1.20 bits per heavy atom. The van der Waals surface area contributed by atoms with Crippen LogP contribution >= 0.6 is 11.3 Å². The molecule has 104 valence electrons. The van der Waals surface area contributed by atoms with E-state index in [1.165, 1.54) is 11.3 Å². The summed E-state index contributed by atoms with van der Waals surface area (Å²) in [5, 5.41) is 12.0. The second-order valence-electron chi connectivity index (χ2n) is 4.16. The summed E-state index contributed by atoms with van der Waals surface area (Å²) in [6.45, 7) is 2.25. The Hall–Kier alpha value is -1.84. The third-order valence-electron chi connectivity index (χ3n) is 2.83. The highest BCUT2D eigenvalue weighted by atomic mass is 32.2. The Bertz CT molecular complexity index is 725. The first kappa shape index (κ1) is 14.6. The quantitative estimate of drug-likeness (QED) is 0.922. The smallest absolute Gasteiger partial charge is 0.178 e. The highest BCUT2D eigenvalue weighted by Gasteiger charge is 2.10. The summed E-state index contributed by atoms with van der Waals surface area (Å²) in [6.07, 6.45) is 0. The summed E-state index contributed by atoms with van der Waals surface area (Å²) in [5.41, 5.74) is 0.854. The lowest BCUT2D eigenvalue weighted by molar-refractivity contribution is 0.597. The van der Waals surface area contributed by atoms with Crippen molar-refractivity contribution in [2.75, 3.05) is 11.1 Å². The van der Waals surface area contributed by atoms with Crippen molar-refractivity contribution in [3.05, 3.63) is 46.2 Å². The van der Waals surface area contributed by atoms with Gasteiger partial charge in [0.05, 0.1) is 10.6 Å². The number of hydrogen-bond donors (Lipinski definition) is 1. The molecule has 6 heteroatoms. The van der Waals surface area contributed by atoms with Crippen molar-refractivity contribution in [1.82, 2.24) is 0 Å². The molecule has 0 radical (unpaired) electrons. The molecule has 1 N–H and O–H groups in total. The Morgan fingerprint density at radius 3 is 2.45 bits per heavy atom. The maximum atomic E-state index is 11.7. The van der Waals surface area contributed by atoms with E-state index in [0.29, 0.717) is 16.3 Å². The van der Waals surface area contributed by atoms with Crippen molar-refractivity contribution < 1.29 is 8.42 Å². The molecule has 0 bridgehead atoms. The third-order valence-corrected chi connectivity index (χ3v) is 5.57. The van der Waals surface area contributed by atoms with Gasteiger partial charge >= 0.3 is 0 Å². The molecule has 0 atom stereocenters. The van der Waals surface area contributed by atoms with E-state index in [9.17, 15) is 8.42 Å². The van der Waals surface area contributed by atoms with Crippen LogP contribution in [0.5, 0.6) is 0 Å². The van der Waals surface area contributed by atoms with Crippen LogP contribution in [0.2, 0.25) is 0 Å². The predicted molar refractivity (Wildman–Crippen MR) is 80.5 cm³/mol. The fraction of sp³-hybridized carbons (Fsp3) is 0.214. The molecule has 2 rings (SSSR count). The van der Waals surface area contributed by atoms with E-state index in [4.69, 9.17) is 5.26 Å². The number of nitrogens with zero attached hydrogens (tertiary/aromatic N) is 1. The van der Waals surface area contributed by atoms with Gasteiger partial charge in [0, 0.05) is 17.1 Å². The van der Waals surface area contributed by atoms with Crippen molar-refractivity contribution in [2.45, 2.75) is 18.4 Å². The molecule has 0 aliphatic carbocycles. The molecule has 20 heavy (non-hydrogen) atoms. The van der Waals surface area contributed by atoms with E-state index in [2.05, 4.69) is 11.4 Å². The Kier molecular flexibility index (Phi) is 4.42. The zero-order chi connectivity index (χ0) is 14.6. The van der Waals surface area contributed by atoms with Gasteiger partial charge in [-0.25, -0.2) is 8.42 Å². The Labute approximate surface area is 122 Å². The molecule has 0 saturated carbocycles. The lowest BCUT2D eigenvalue weighted by Crippen LogP contribution is -2.04. The minimum Gasteiger partial charge on any atom is -0.380 e. The van der Waals surface area contributed by atoms with Gasteiger partial charge in [-0.05, 0) is 36.4 Å². The third kappa shape index (κ3) is 3.38. The van der Waals surface area contributed by atoms with Gasteiger partial charge in [-0.3, -0.25) is 0 Å². The fourth-order valence-electron chi connectivity index (χ4n) is 1.67. The minimum absolute atomic E-state index is 0.103. The van der Waals surface area contributed by atoms with E-state index in [-0.39, 0.29) is 5.75 Å². The largest absolute Gasteiger partial charge is 0.380 e. The number of nitrogens with one attached hydrogen (secondary N) is 1. The van der Waals surface area contributed by atoms with E-state index in [0.717, 1.165) is 10.6 Å². The monoisotopic (exact) mass is 306 g/mol. The molecule has 0 spiro atoms. The minimum atomic E-state index is -3.14. The van der Waals surface area contributed by atoms with E-state index in [1.54, 1.807) is 37.3 Å². The lowest BCUT2D eigenvalue weighted by atomic mass is 10.3. The molecular formula is C14H14N2O2S2. The van der Waals surface area contributed by atoms with Gasteiger partial charge < -0.3 is 5.32 Å². The maximum absolute atomic E-state index is 11.7. The van der Waals surface area contributed by atoms with Crippen LogP contribution < -0.4 is 5.32 Å². The zero-order valence-corrected chi connectivity index (χ0v) is 12.6. The second-order valence-corrected chi connectivity index (χ2v) is 7.61. The summed E-state index contributed by atoms with van der Waals surface area (Å²) in [4.78, 5) is 2.09. The second kappa shape index (κ2) is 6.07. The zero-order valence-electron chi connectivity index (χ0n) is 11.0. The van der Waals surface area contributed by atoms with Gasteiger partial charge in [0.2, 0.25) is 0 Å². The van der Waals surface area contributed by atoms with Gasteiger partial charge in [0.15, 0.2) is 9.84 Å². The van der Waals surface area contributed by atoms with Crippen LogP contribution in [0.25, 0.3) is 0 Å². The molecule has 0 aliphatic heterocycles. The summed E-state index contributed by atoms with van der Waals surface area (Å²) in [6, 6.07) is 12.5. The molecule has 4 nitrogen and oxygen atoms in total. The molecule has 1 aromatic carbocycles. The van der Waals surface area contributed by atoms with Crippen LogP contribution in [0.15, 0.2) is 41.3 Å². The van der Waals surface area contributed by atoms with Gasteiger partial charge in [0.25, 0.3) is 0 Å². The summed E-state index contributed by atoms with van der Waals surface area (Å²) >= 11 is 1.44. The van der Waals surface area contributed by atoms with Crippen LogP contribution in [0.3, 0.4) is 0 Å². The molecular weight excluding hydrogens is 292 g/mol. The molecule has 1 aromatic heterocycles. The van der Waals surface area contributed by atoms with Gasteiger partial charge in [-0.15, -0.1) is 11.3 Å². The van der Waals surface area contributed by atoms with Crippen LogP contribution in [-0.2, 0) is 16.4 Å². The van der Waals surface area contributed by atoms with Gasteiger partial charge in [0.1, 0.15) is 10.9 Å². The summed E-state index contributed by atoms with van der Waals surface area (Å²) < 4.78 is 23.4. The molecule has 1 heterocycles. The summed E-state index contributed by atoms with van der Waals surface area (Å²) in [5.74, 6) is 0.103. The first-order valence-electron chi connectivity index (χ1n) is 6.10. The Balaban J connectivity index is 2.03. The number of thiophene rings is 1. The number of anilines is 1. The fourth-order valence-corrected chi connectivity index (χ4v) is 3.30. The van der Waals surface area contributed by atoms with Crippen molar-refractivity contribution >= 4 is 26.9 Å².